The first kappa shape index (κ1) is 18.2. The van der Waals surface area contributed by atoms with E-state index in [-0.39, 0.29) is 0 Å². The molecule has 5 nitrogen and oxygen atoms in total. The van der Waals surface area contributed by atoms with Gasteiger partial charge < -0.3 is 9.47 Å². The van der Waals surface area contributed by atoms with Crippen LogP contribution < -0.4 is 0 Å². The summed E-state index contributed by atoms with van der Waals surface area (Å²) in [4.78, 5) is 21.5. The molecule has 0 unspecified atom stereocenters. The second kappa shape index (κ2) is 8.26. The summed E-state index contributed by atoms with van der Waals surface area (Å²) in [6.45, 7) is 7.49. The van der Waals surface area contributed by atoms with Gasteiger partial charge in [-0.05, 0) is 50.1 Å². The van der Waals surface area contributed by atoms with Crippen LogP contribution in [0.3, 0.4) is 0 Å². The van der Waals surface area contributed by atoms with Crippen LogP contribution in [0.4, 0.5) is 0 Å². The number of aromatic nitrogens is 2. The Morgan fingerprint density at radius 2 is 1.89 bits per heavy atom. The lowest BCUT2D eigenvalue weighted by Gasteiger charge is -2.33. The highest BCUT2D eigenvalue weighted by molar-refractivity contribution is 5.78. The van der Waals surface area contributed by atoms with Gasteiger partial charge in [0.25, 0.3) is 0 Å². The molecular formula is C22H30N4O. The first-order valence-electron chi connectivity index (χ1n) is 10.2. The van der Waals surface area contributed by atoms with Crippen LogP contribution >= 0.6 is 0 Å². The van der Waals surface area contributed by atoms with Crippen molar-refractivity contribution in [2.45, 2.75) is 38.6 Å². The van der Waals surface area contributed by atoms with Crippen molar-refractivity contribution in [3.05, 3.63) is 54.1 Å². The number of aryl methyl sites for hydroxylation is 1. The Morgan fingerprint density at radius 1 is 1.11 bits per heavy atom. The van der Waals surface area contributed by atoms with E-state index in [1.165, 1.54) is 5.56 Å². The van der Waals surface area contributed by atoms with Gasteiger partial charge in [0.05, 0.1) is 6.54 Å². The number of amides is 1. The van der Waals surface area contributed by atoms with E-state index in [2.05, 4.69) is 62.8 Å². The van der Waals surface area contributed by atoms with E-state index in [9.17, 15) is 4.79 Å². The molecule has 2 aliphatic heterocycles. The zero-order valence-electron chi connectivity index (χ0n) is 16.3. The van der Waals surface area contributed by atoms with Gasteiger partial charge in [-0.2, -0.15) is 0 Å². The third-order valence-electron chi connectivity index (χ3n) is 6.25. The highest BCUT2D eigenvalue weighted by Gasteiger charge is 2.28. The lowest BCUT2D eigenvalue weighted by atomic mass is 9.96. The molecule has 144 valence electrons. The number of nitrogens with zero attached hydrogens (tertiary/aromatic N) is 4. The highest BCUT2D eigenvalue weighted by atomic mass is 16.2. The molecule has 2 saturated heterocycles. The van der Waals surface area contributed by atoms with Gasteiger partial charge in [-0.3, -0.25) is 9.69 Å². The van der Waals surface area contributed by atoms with Gasteiger partial charge in [-0.25, -0.2) is 4.98 Å². The third-order valence-corrected chi connectivity index (χ3v) is 6.25. The Hall–Kier alpha value is -2.14. The summed E-state index contributed by atoms with van der Waals surface area (Å²) in [6, 6.07) is 10.7. The minimum absolute atomic E-state index is 0.306. The molecule has 0 spiro atoms. The van der Waals surface area contributed by atoms with Crippen LogP contribution in [-0.4, -0.2) is 58.0 Å². The van der Waals surface area contributed by atoms with Gasteiger partial charge in [0, 0.05) is 38.6 Å². The lowest BCUT2D eigenvalue weighted by molar-refractivity contribution is -0.133. The van der Waals surface area contributed by atoms with Gasteiger partial charge in [0.1, 0.15) is 5.82 Å². The Labute approximate surface area is 162 Å². The van der Waals surface area contributed by atoms with Crippen molar-refractivity contribution in [3.8, 4) is 0 Å². The molecule has 3 heterocycles. The molecule has 0 radical (unpaired) electrons. The summed E-state index contributed by atoms with van der Waals surface area (Å²) in [5, 5.41) is 0. The molecule has 4 rings (SSSR count). The quantitative estimate of drug-likeness (QED) is 0.817. The molecular weight excluding hydrogens is 336 g/mol. The molecule has 0 aliphatic carbocycles. The Morgan fingerprint density at radius 3 is 2.59 bits per heavy atom. The van der Waals surface area contributed by atoms with E-state index in [0.29, 0.717) is 24.3 Å². The third kappa shape index (κ3) is 4.41. The van der Waals surface area contributed by atoms with E-state index < -0.39 is 0 Å². The summed E-state index contributed by atoms with van der Waals surface area (Å²) in [6.07, 6.45) is 7.27. The summed E-state index contributed by atoms with van der Waals surface area (Å²) < 4.78 is 2.23. The number of hydrogen-bond donors (Lipinski definition) is 0. The number of carbonyl (C=O) groups is 1. The van der Waals surface area contributed by atoms with Crippen molar-refractivity contribution in [1.82, 2.24) is 19.4 Å². The number of rotatable bonds is 5. The first-order chi connectivity index (χ1) is 13.2. The summed E-state index contributed by atoms with van der Waals surface area (Å²) >= 11 is 0. The van der Waals surface area contributed by atoms with Crippen molar-refractivity contribution >= 4 is 5.91 Å². The Bertz CT molecular complexity index is 749. The summed E-state index contributed by atoms with van der Waals surface area (Å²) in [7, 11) is 0. The van der Waals surface area contributed by atoms with Crippen molar-refractivity contribution in [1.29, 1.82) is 0 Å². The minimum atomic E-state index is 0.306. The minimum Gasteiger partial charge on any atom is -0.342 e. The average Bonchev–Trinajstić information content (AvgIpc) is 3.32. The van der Waals surface area contributed by atoms with E-state index in [1.807, 2.05) is 6.20 Å². The van der Waals surface area contributed by atoms with Crippen molar-refractivity contribution in [2.24, 2.45) is 5.92 Å². The standard InChI is InChI=1S/C22H30N4O/c1-18-23-10-14-26(18)15-19-7-12-25(13-8-19)22(27)17-24-11-9-21(16-24)20-5-3-2-4-6-20/h2-6,10,14,19,21H,7-9,11-13,15-17H2,1H3/t21-/m0/s1. The van der Waals surface area contributed by atoms with Crippen LogP contribution in [0.5, 0.6) is 0 Å². The molecule has 1 amide bonds. The molecule has 2 fully saturated rings. The fourth-order valence-corrected chi connectivity index (χ4v) is 4.50. The van der Waals surface area contributed by atoms with Gasteiger partial charge in [-0.15, -0.1) is 0 Å². The van der Waals surface area contributed by atoms with E-state index in [4.69, 9.17) is 0 Å². The summed E-state index contributed by atoms with van der Waals surface area (Å²) in [5.41, 5.74) is 1.41. The smallest absolute Gasteiger partial charge is 0.236 e. The summed E-state index contributed by atoms with van der Waals surface area (Å²) in [5.74, 6) is 2.61. The molecule has 27 heavy (non-hydrogen) atoms. The Kier molecular flexibility index (Phi) is 5.58. The zero-order valence-corrected chi connectivity index (χ0v) is 16.3. The molecule has 0 saturated carbocycles. The van der Waals surface area contributed by atoms with E-state index in [0.717, 1.165) is 57.8 Å². The molecule has 1 atom stereocenters. The molecule has 0 bridgehead atoms. The van der Waals surface area contributed by atoms with E-state index >= 15 is 0 Å². The van der Waals surface area contributed by atoms with E-state index in [1.54, 1.807) is 0 Å². The predicted molar refractivity (Wildman–Crippen MR) is 107 cm³/mol. The normalized spacial score (nSPS) is 21.7. The van der Waals surface area contributed by atoms with Crippen LogP contribution in [0.25, 0.3) is 0 Å². The van der Waals surface area contributed by atoms with Crippen LogP contribution in [-0.2, 0) is 11.3 Å². The highest BCUT2D eigenvalue weighted by Crippen LogP contribution is 2.27. The topological polar surface area (TPSA) is 41.4 Å². The maximum absolute atomic E-state index is 12.7. The molecule has 1 aromatic carbocycles. The second-order valence-corrected chi connectivity index (χ2v) is 8.08. The lowest BCUT2D eigenvalue weighted by Crippen LogP contribution is -2.44. The molecule has 2 aromatic rings. The fraction of sp³-hybridized carbons (Fsp3) is 0.545. The maximum atomic E-state index is 12.7. The van der Waals surface area contributed by atoms with Crippen LogP contribution in [0.15, 0.2) is 42.7 Å². The van der Waals surface area contributed by atoms with Gasteiger partial charge in [0.15, 0.2) is 0 Å². The van der Waals surface area contributed by atoms with Gasteiger partial charge in [0.2, 0.25) is 5.91 Å². The maximum Gasteiger partial charge on any atom is 0.236 e. The number of imidazole rings is 1. The van der Waals surface area contributed by atoms with Crippen molar-refractivity contribution in [3.63, 3.8) is 0 Å². The zero-order chi connectivity index (χ0) is 18.6. The average molecular weight is 367 g/mol. The van der Waals surface area contributed by atoms with Crippen molar-refractivity contribution < 1.29 is 4.79 Å². The molecule has 2 aliphatic rings. The number of carbonyl (C=O) groups excluding carboxylic acids is 1. The molecule has 0 N–H and O–H groups in total. The van der Waals surface area contributed by atoms with Gasteiger partial charge in [-0.1, -0.05) is 30.3 Å². The van der Waals surface area contributed by atoms with Crippen LogP contribution in [0.1, 0.15) is 36.6 Å². The largest absolute Gasteiger partial charge is 0.342 e. The second-order valence-electron chi connectivity index (χ2n) is 8.08. The fourth-order valence-electron chi connectivity index (χ4n) is 4.50. The number of hydrogen-bond acceptors (Lipinski definition) is 3. The predicted octanol–water partition coefficient (Wildman–Crippen LogP) is 2.92. The molecule has 5 heteroatoms. The number of benzene rings is 1. The van der Waals surface area contributed by atoms with Crippen LogP contribution in [0.2, 0.25) is 0 Å². The Balaban J connectivity index is 1.22. The first-order valence-corrected chi connectivity index (χ1v) is 10.2. The van der Waals surface area contributed by atoms with Crippen LogP contribution in [0, 0.1) is 12.8 Å². The van der Waals surface area contributed by atoms with Crippen molar-refractivity contribution in [2.75, 3.05) is 32.7 Å². The number of likely N-dealkylation sites (tertiary alicyclic amines) is 2. The number of piperidine rings is 1. The van der Waals surface area contributed by atoms with Gasteiger partial charge >= 0.3 is 0 Å². The SMILES string of the molecule is Cc1nccn1CC1CCN(C(=O)CN2CC[C@H](c3ccccc3)C2)CC1. The monoisotopic (exact) mass is 366 g/mol. The molecule has 1 aromatic heterocycles.